The van der Waals surface area contributed by atoms with E-state index in [9.17, 15) is 22.8 Å². The van der Waals surface area contributed by atoms with E-state index in [2.05, 4.69) is 10.6 Å². The van der Waals surface area contributed by atoms with Crippen LogP contribution in [0.25, 0.3) is 21.2 Å². The number of alkyl halides is 4. The van der Waals surface area contributed by atoms with Crippen LogP contribution in [0.1, 0.15) is 39.9 Å². The predicted octanol–water partition coefficient (Wildman–Crippen LogP) is 7.92. The van der Waals surface area contributed by atoms with Crippen LogP contribution in [0.15, 0.2) is 103 Å². The van der Waals surface area contributed by atoms with Gasteiger partial charge in [0.15, 0.2) is 0 Å². The maximum Gasteiger partial charge on any atom is 0.490 e. The van der Waals surface area contributed by atoms with Gasteiger partial charge in [0.05, 0.1) is 22.3 Å². The number of carboxylic acids is 1. The summed E-state index contributed by atoms with van der Waals surface area (Å²) in [7, 11) is 0. The fourth-order valence-corrected chi connectivity index (χ4v) is 5.25. The molecule has 0 aliphatic rings. The van der Waals surface area contributed by atoms with E-state index in [-0.39, 0.29) is 17.5 Å². The van der Waals surface area contributed by atoms with E-state index in [1.807, 2.05) is 79.7 Å². The molecular formula is C33H27F4N3O4S. The number of amides is 2. The number of nitrogens with two attached hydrogens (primary N) is 1. The van der Waals surface area contributed by atoms with Crippen molar-refractivity contribution in [2.24, 2.45) is 0 Å². The lowest BCUT2D eigenvalue weighted by atomic mass is 10.0. The van der Waals surface area contributed by atoms with Gasteiger partial charge in [-0.2, -0.15) is 13.2 Å². The van der Waals surface area contributed by atoms with Crippen LogP contribution in [0.4, 0.5) is 28.9 Å². The average Bonchev–Trinajstić information content (AvgIpc) is 3.46. The molecule has 2 atom stereocenters. The summed E-state index contributed by atoms with van der Waals surface area (Å²) in [5, 5.41) is 13.5. The molecule has 0 fully saturated rings. The lowest BCUT2D eigenvalue weighted by Crippen LogP contribution is -2.30. The van der Waals surface area contributed by atoms with Gasteiger partial charge in [0.25, 0.3) is 11.8 Å². The Hall–Kier alpha value is -5.23. The molecule has 0 aliphatic heterocycles. The number of benzene rings is 4. The molecule has 0 bridgehead atoms. The molecule has 0 saturated heterocycles. The first-order valence-electron chi connectivity index (χ1n) is 13.4. The van der Waals surface area contributed by atoms with Gasteiger partial charge >= 0.3 is 12.1 Å². The van der Waals surface area contributed by atoms with E-state index < -0.39 is 24.2 Å². The van der Waals surface area contributed by atoms with E-state index in [1.54, 1.807) is 30.3 Å². The van der Waals surface area contributed by atoms with E-state index in [1.165, 1.54) is 11.3 Å². The van der Waals surface area contributed by atoms with Crippen molar-refractivity contribution < 1.29 is 37.1 Å². The van der Waals surface area contributed by atoms with Crippen molar-refractivity contribution in [3.05, 3.63) is 119 Å². The van der Waals surface area contributed by atoms with Gasteiger partial charge in [0.2, 0.25) is 6.17 Å². The lowest BCUT2D eigenvalue weighted by Gasteiger charge is -2.16. The third-order valence-corrected chi connectivity index (χ3v) is 7.70. The summed E-state index contributed by atoms with van der Waals surface area (Å²) in [5.41, 5.74) is 10.2. The van der Waals surface area contributed by atoms with E-state index in [0.29, 0.717) is 21.0 Å². The van der Waals surface area contributed by atoms with Crippen molar-refractivity contribution in [3.8, 4) is 11.1 Å². The fourth-order valence-electron chi connectivity index (χ4n) is 4.24. The average molecular weight is 638 g/mol. The summed E-state index contributed by atoms with van der Waals surface area (Å²) in [6, 6.07) is 31.1. The standard InChI is InChI=1S/C31H26FN3O2S.C2HF3O2/c1-19(20-8-4-2-5-9-20)34-31(37)29(32)24-13-12-23-17-28(38-27(23)18-24)30(36)35-26-16-22(14-15-25(26)33)21-10-6-3-7-11-21;3-2(4,5)1(6)7/h2-19,29H,33H2,1H3,(H,34,37)(H,35,36);(H,6,7)/t19-,29?;/m0./s1. The first kappa shape index (κ1) is 32.7. The first-order valence-corrected chi connectivity index (χ1v) is 14.2. The molecule has 1 heterocycles. The quantitative estimate of drug-likeness (QED) is 0.107. The third-order valence-electron chi connectivity index (χ3n) is 6.60. The zero-order valence-corrected chi connectivity index (χ0v) is 24.5. The van der Waals surface area contributed by atoms with Gasteiger partial charge in [-0.3, -0.25) is 9.59 Å². The molecule has 4 aromatic carbocycles. The molecule has 0 radical (unpaired) electrons. The van der Waals surface area contributed by atoms with Crippen LogP contribution in [-0.4, -0.2) is 29.1 Å². The highest BCUT2D eigenvalue weighted by Crippen LogP contribution is 2.32. The smallest absolute Gasteiger partial charge is 0.475 e. The molecule has 2 amide bonds. The molecule has 7 nitrogen and oxygen atoms in total. The van der Waals surface area contributed by atoms with Gasteiger partial charge in [-0.1, -0.05) is 78.9 Å². The van der Waals surface area contributed by atoms with Crippen molar-refractivity contribution in [1.82, 2.24) is 5.32 Å². The Morgan fingerprint density at radius 2 is 1.44 bits per heavy atom. The van der Waals surface area contributed by atoms with E-state index >= 15 is 4.39 Å². The van der Waals surface area contributed by atoms with Gasteiger partial charge < -0.3 is 21.5 Å². The number of carbonyl (C=O) groups excluding carboxylic acids is 2. The summed E-state index contributed by atoms with van der Waals surface area (Å²) in [4.78, 5) is 35.0. The zero-order valence-electron chi connectivity index (χ0n) is 23.6. The van der Waals surface area contributed by atoms with Gasteiger partial charge in [-0.05, 0) is 58.8 Å². The number of rotatable bonds is 7. The number of carbonyl (C=O) groups is 3. The first-order chi connectivity index (χ1) is 21.3. The Labute approximate surface area is 259 Å². The molecule has 232 valence electrons. The van der Waals surface area contributed by atoms with Crippen LogP contribution in [0.5, 0.6) is 0 Å². The van der Waals surface area contributed by atoms with Gasteiger partial charge in [0, 0.05) is 4.70 Å². The maximum absolute atomic E-state index is 15.1. The highest BCUT2D eigenvalue weighted by atomic mass is 32.1. The van der Waals surface area contributed by atoms with E-state index in [4.69, 9.17) is 15.6 Å². The highest BCUT2D eigenvalue weighted by molar-refractivity contribution is 7.20. The highest BCUT2D eigenvalue weighted by Gasteiger charge is 2.38. The fraction of sp³-hybridized carbons (Fsp3) is 0.121. The van der Waals surface area contributed by atoms with Crippen LogP contribution in [0, 0.1) is 0 Å². The van der Waals surface area contributed by atoms with Crippen molar-refractivity contribution >= 4 is 50.6 Å². The topological polar surface area (TPSA) is 122 Å². The molecule has 5 rings (SSSR count). The molecule has 1 unspecified atom stereocenters. The minimum atomic E-state index is -5.08. The van der Waals surface area contributed by atoms with Crippen LogP contribution in [-0.2, 0) is 9.59 Å². The molecule has 45 heavy (non-hydrogen) atoms. The predicted molar refractivity (Wildman–Crippen MR) is 167 cm³/mol. The molecule has 0 spiro atoms. The zero-order chi connectivity index (χ0) is 32.7. The summed E-state index contributed by atoms with van der Waals surface area (Å²) < 4.78 is 47.6. The van der Waals surface area contributed by atoms with Gasteiger partial charge in [0.1, 0.15) is 0 Å². The third kappa shape index (κ3) is 8.45. The summed E-state index contributed by atoms with van der Waals surface area (Å²) in [6.45, 7) is 1.82. The Balaban J connectivity index is 0.000000591. The molecule has 5 aromatic rings. The minimum Gasteiger partial charge on any atom is -0.475 e. The second kappa shape index (κ2) is 14.0. The van der Waals surface area contributed by atoms with Crippen molar-refractivity contribution in [1.29, 1.82) is 0 Å². The lowest BCUT2D eigenvalue weighted by molar-refractivity contribution is -0.192. The van der Waals surface area contributed by atoms with E-state index in [0.717, 1.165) is 22.1 Å². The van der Waals surface area contributed by atoms with Crippen LogP contribution in [0.3, 0.4) is 0 Å². The summed E-state index contributed by atoms with van der Waals surface area (Å²) >= 11 is 1.23. The van der Waals surface area contributed by atoms with Gasteiger partial charge in [-0.15, -0.1) is 11.3 Å². The molecule has 1 aromatic heterocycles. The number of hydrogen-bond acceptors (Lipinski definition) is 5. The second-order valence-electron chi connectivity index (χ2n) is 9.84. The molecular weight excluding hydrogens is 610 g/mol. The Bertz CT molecular complexity index is 1810. The number of fused-ring (bicyclic) bond motifs is 1. The number of aliphatic carboxylic acids is 1. The Morgan fingerprint density at radius 1 is 0.822 bits per heavy atom. The van der Waals surface area contributed by atoms with Crippen molar-refractivity contribution in [2.45, 2.75) is 25.3 Å². The number of carboxylic acid groups (broad SMARTS) is 1. The number of hydrogen-bond donors (Lipinski definition) is 4. The number of halogens is 4. The largest absolute Gasteiger partial charge is 0.490 e. The SMILES string of the molecule is C[C@H](NC(=O)C(F)c1ccc2cc(C(=O)Nc3cc(-c4ccccc4)ccc3N)sc2c1)c1ccccc1.O=C(O)C(F)(F)F. The second-order valence-corrected chi connectivity index (χ2v) is 10.9. The number of anilines is 2. The Kier molecular flexibility index (Phi) is 10.2. The van der Waals surface area contributed by atoms with Crippen LogP contribution in [0.2, 0.25) is 0 Å². The van der Waals surface area contributed by atoms with Crippen molar-refractivity contribution in [2.75, 3.05) is 11.1 Å². The number of nitrogens with one attached hydrogen (secondary N) is 2. The number of thiophene rings is 1. The monoisotopic (exact) mass is 637 g/mol. The number of nitrogen functional groups attached to an aromatic ring is 1. The van der Waals surface area contributed by atoms with Crippen LogP contribution >= 0.6 is 11.3 Å². The molecule has 0 aliphatic carbocycles. The summed E-state index contributed by atoms with van der Waals surface area (Å²) in [6.07, 6.45) is -6.91. The normalized spacial score (nSPS) is 12.4. The van der Waals surface area contributed by atoms with Crippen molar-refractivity contribution in [3.63, 3.8) is 0 Å². The minimum absolute atomic E-state index is 0.240. The molecule has 5 N–H and O–H groups in total. The Morgan fingerprint density at radius 3 is 2.07 bits per heavy atom. The summed E-state index contributed by atoms with van der Waals surface area (Å²) in [5.74, 6) is -3.77. The van der Waals surface area contributed by atoms with Crippen LogP contribution < -0.4 is 16.4 Å². The maximum atomic E-state index is 15.1. The molecule has 12 heteroatoms. The van der Waals surface area contributed by atoms with Gasteiger partial charge in [-0.25, -0.2) is 9.18 Å². The molecule has 0 saturated carbocycles.